The maximum atomic E-state index is 13.0. The van der Waals surface area contributed by atoms with Crippen molar-refractivity contribution in [2.24, 2.45) is 4.99 Å². The highest BCUT2D eigenvalue weighted by Gasteiger charge is 2.54. The van der Waals surface area contributed by atoms with E-state index in [-0.39, 0.29) is 18.9 Å². The van der Waals surface area contributed by atoms with Crippen LogP contribution in [0, 0.1) is 0 Å². The number of carboxylic acid groups (broad SMARTS) is 1. The normalized spacial score (nSPS) is 18.3. The molecule has 1 aliphatic rings. The quantitative estimate of drug-likeness (QED) is 0.208. The standard InChI is InChI=1S/C32H28BrNO5/c33-28-10-5-4-9-26(28)21-32(31(36)37)29(24-13-11-23(12-14-24)22-7-2-1-3-8-22)39-30(34-32)25-15-17-27(18-16-25)38-20-6-19-35/h1-5,7-18,29,35H,6,19-21H2,(H,36,37)/t29-,32-/m1/s1. The minimum Gasteiger partial charge on any atom is -0.494 e. The first-order valence-corrected chi connectivity index (χ1v) is 13.5. The van der Waals surface area contributed by atoms with Gasteiger partial charge in [0.2, 0.25) is 11.4 Å². The molecule has 1 aliphatic heterocycles. The van der Waals surface area contributed by atoms with Crippen LogP contribution in [-0.4, -0.2) is 40.8 Å². The number of rotatable bonds is 10. The monoisotopic (exact) mass is 585 g/mol. The number of hydrogen-bond acceptors (Lipinski definition) is 5. The van der Waals surface area contributed by atoms with Gasteiger partial charge >= 0.3 is 5.97 Å². The lowest BCUT2D eigenvalue weighted by atomic mass is 9.82. The average molecular weight is 586 g/mol. The van der Waals surface area contributed by atoms with Crippen molar-refractivity contribution in [3.05, 3.63) is 124 Å². The van der Waals surface area contributed by atoms with Gasteiger partial charge in [0.15, 0.2) is 6.10 Å². The van der Waals surface area contributed by atoms with Gasteiger partial charge in [-0.25, -0.2) is 9.79 Å². The van der Waals surface area contributed by atoms with Gasteiger partial charge < -0.3 is 19.7 Å². The van der Waals surface area contributed by atoms with Crippen LogP contribution in [0.3, 0.4) is 0 Å². The van der Waals surface area contributed by atoms with Crippen molar-refractivity contribution >= 4 is 27.8 Å². The number of benzene rings is 4. The van der Waals surface area contributed by atoms with Crippen LogP contribution in [0.4, 0.5) is 0 Å². The topological polar surface area (TPSA) is 88.4 Å². The van der Waals surface area contributed by atoms with Crippen molar-refractivity contribution in [1.29, 1.82) is 0 Å². The summed E-state index contributed by atoms with van der Waals surface area (Å²) >= 11 is 3.57. The third-order valence-corrected chi connectivity index (χ3v) is 7.52. The molecule has 1 heterocycles. The van der Waals surface area contributed by atoms with E-state index in [2.05, 4.69) is 15.9 Å². The highest BCUT2D eigenvalue weighted by molar-refractivity contribution is 9.10. The fourth-order valence-corrected chi connectivity index (χ4v) is 5.11. The molecule has 0 spiro atoms. The zero-order valence-corrected chi connectivity index (χ0v) is 22.8. The summed E-state index contributed by atoms with van der Waals surface area (Å²) < 4.78 is 12.8. The van der Waals surface area contributed by atoms with Gasteiger partial charge in [-0.15, -0.1) is 0 Å². The van der Waals surface area contributed by atoms with E-state index in [9.17, 15) is 9.90 Å². The summed E-state index contributed by atoms with van der Waals surface area (Å²) in [6.45, 7) is 0.466. The second-order valence-electron chi connectivity index (χ2n) is 9.35. The van der Waals surface area contributed by atoms with Gasteiger partial charge in [0.25, 0.3) is 0 Å². The molecule has 4 aromatic carbocycles. The molecule has 0 bridgehead atoms. The summed E-state index contributed by atoms with van der Waals surface area (Å²) in [4.78, 5) is 17.8. The third kappa shape index (κ3) is 5.75. The van der Waals surface area contributed by atoms with E-state index in [1.807, 2.05) is 78.9 Å². The molecule has 0 fully saturated rings. The first-order chi connectivity index (χ1) is 19.0. The number of aliphatic hydroxyl groups is 1. The summed E-state index contributed by atoms with van der Waals surface area (Å²) in [6.07, 6.45) is -0.165. The molecule has 2 N–H and O–H groups in total. The first-order valence-electron chi connectivity index (χ1n) is 12.7. The summed E-state index contributed by atoms with van der Waals surface area (Å²) in [7, 11) is 0. The Bertz CT molecular complexity index is 1450. The predicted octanol–water partition coefficient (Wildman–Crippen LogP) is 6.46. The lowest BCUT2D eigenvalue weighted by molar-refractivity contribution is -0.146. The van der Waals surface area contributed by atoms with Gasteiger partial charge in [0.05, 0.1) is 6.61 Å². The zero-order valence-electron chi connectivity index (χ0n) is 21.2. The number of hydrogen-bond donors (Lipinski definition) is 2. The van der Waals surface area contributed by atoms with E-state index in [0.717, 1.165) is 26.7 Å². The minimum absolute atomic E-state index is 0.0608. The van der Waals surface area contributed by atoms with E-state index in [0.29, 0.717) is 24.3 Å². The Balaban J connectivity index is 1.52. The van der Waals surface area contributed by atoms with Crippen LogP contribution in [0.25, 0.3) is 11.1 Å². The largest absolute Gasteiger partial charge is 0.494 e. The predicted molar refractivity (Wildman–Crippen MR) is 154 cm³/mol. The third-order valence-electron chi connectivity index (χ3n) is 6.75. The SMILES string of the molecule is O=C(O)[C@]1(Cc2ccccc2Br)N=C(c2ccc(OCCCO)cc2)O[C@@H]1c1ccc(-c2ccccc2)cc1. The average Bonchev–Trinajstić information content (AvgIpc) is 3.36. The second kappa shape index (κ2) is 11.8. The van der Waals surface area contributed by atoms with Crippen molar-refractivity contribution < 1.29 is 24.5 Å². The van der Waals surface area contributed by atoms with Gasteiger partial charge in [-0.05, 0) is 52.6 Å². The molecule has 4 aromatic rings. The Kier molecular flexibility index (Phi) is 8.10. The Hall–Kier alpha value is -3.94. The molecule has 0 amide bonds. The van der Waals surface area contributed by atoms with Gasteiger partial charge in [0, 0.05) is 29.5 Å². The Morgan fingerprint density at radius 2 is 1.51 bits per heavy atom. The first kappa shape index (κ1) is 26.7. The fourth-order valence-electron chi connectivity index (χ4n) is 4.68. The van der Waals surface area contributed by atoms with Crippen LogP contribution in [0.15, 0.2) is 113 Å². The van der Waals surface area contributed by atoms with E-state index < -0.39 is 17.6 Å². The summed E-state index contributed by atoms with van der Waals surface area (Å²) in [5, 5.41) is 19.6. The minimum atomic E-state index is -1.58. The number of ether oxygens (including phenoxy) is 2. The lowest BCUT2D eigenvalue weighted by Crippen LogP contribution is -2.43. The molecule has 0 aromatic heterocycles. The number of halogens is 1. The van der Waals surface area contributed by atoms with Crippen molar-refractivity contribution in [3.8, 4) is 16.9 Å². The number of aliphatic hydroxyl groups excluding tert-OH is 1. The zero-order chi connectivity index (χ0) is 27.2. The van der Waals surface area contributed by atoms with Crippen molar-refractivity contribution in [3.63, 3.8) is 0 Å². The molecule has 7 heteroatoms. The number of carboxylic acids is 1. The number of aliphatic imine (C=N–C) groups is 1. The van der Waals surface area contributed by atoms with E-state index >= 15 is 0 Å². The van der Waals surface area contributed by atoms with Crippen molar-refractivity contribution in [2.45, 2.75) is 24.5 Å². The molecule has 2 atom stereocenters. The molecule has 6 nitrogen and oxygen atoms in total. The Labute approximate surface area is 235 Å². The number of aliphatic carboxylic acids is 1. The number of carbonyl (C=O) groups is 1. The van der Waals surface area contributed by atoms with E-state index in [4.69, 9.17) is 19.6 Å². The highest BCUT2D eigenvalue weighted by atomic mass is 79.9. The van der Waals surface area contributed by atoms with Gasteiger partial charge in [-0.3, -0.25) is 0 Å². The molecule has 0 saturated carbocycles. The molecular weight excluding hydrogens is 558 g/mol. The molecular formula is C32H28BrNO5. The van der Waals surface area contributed by atoms with E-state index in [1.54, 1.807) is 24.3 Å². The van der Waals surface area contributed by atoms with Crippen LogP contribution >= 0.6 is 15.9 Å². The van der Waals surface area contributed by atoms with Gasteiger partial charge in [-0.1, -0.05) is 88.7 Å². The summed E-state index contributed by atoms with van der Waals surface area (Å²) in [6, 6.07) is 32.6. The lowest BCUT2D eigenvalue weighted by Gasteiger charge is -2.28. The molecule has 0 unspecified atom stereocenters. The van der Waals surface area contributed by atoms with Gasteiger partial charge in [-0.2, -0.15) is 0 Å². The Morgan fingerprint density at radius 1 is 0.872 bits per heavy atom. The van der Waals surface area contributed by atoms with Crippen LogP contribution in [0.5, 0.6) is 5.75 Å². The molecule has 39 heavy (non-hydrogen) atoms. The smallest absolute Gasteiger partial charge is 0.336 e. The molecule has 0 aliphatic carbocycles. The fraction of sp³-hybridized carbons (Fsp3) is 0.188. The second-order valence-corrected chi connectivity index (χ2v) is 10.2. The van der Waals surface area contributed by atoms with Crippen LogP contribution < -0.4 is 4.74 Å². The van der Waals surface area contributed by atoms with Crippen LogP contribution in [0.2, 0.25) is 0 Å². The molecule has 0 radical (unpaired) electrons. The maximum Gasteiger partial charge on any atom is 0.336 e. The summed E-state index contributed by atoms with van der Waals surface area (Å²) in [5.74, 6) is -0.144. The molecule has 198 valence electrons. The summed E-state index contributed by atoms with van der Waals surface area (Å²) in [5.41, 5.74) is 2.74. The molecule has 5 rings (SSSR count). The van der Waals surface area contributed by atoms with Crippen molar-refractivity contribution in [2.75, 3.05) is 13.2 Å². The Morgan fingerprint density at radius 3 is 2.18 bits per heavy atom. The number of nitrogens with zero attached hydrogens (tertiary/aromatic N) is 1. The van der Waals surface area contributed by atoms with Crippen LogP contribution in [0.1, 0.15) is 29.2 Å². The van der Waals surface area contributed by atoms with Crippen LogP contribution in [-0.2, 0) is 16.0 Å². The highest BCUT2D eigenvalue weighted by Crippen LogP contribution is 2.43. The van der Waals surface area contributed by atoms with Gasteiger partial charge in [0.1, 0.15) is 5.75 Å². The maximum absolute atomic E-state index is 13.0. The van der Waals surface area contributed by atoms with Crippen molar-refractivity contribution in [1.82, 2.24) is 0 Å². The molecule has 0 saturated heterocycles. The van der Waals surface area contributed by atoms with E-state index in [1.165, 1.54) is 0 Å².